The summed E-state index contributed by atoms with van der Waals surface area (Å²) in [6.45, 7) is 4.46. The van der Waals surface area contributed by atoms with E-state index in [9.17, 15) is 26.3 Å². The predicted molar refractivity (Wildman–Crippen MR) is 402 cm³/mol. The largest absolute Gasteiger partial charge is 0.430 e. The standard InChI is InChI=1S/2C41H15BF15NS.C6H14/c2*43-25-22(26(44)32(50)37(55)31(25)49)42(23-27(45)33(51)38(56)34(52)28(23)46,24-29(47)35(53)39(57)36(54)30(24)48)58-21-14-20(15-8-2-1-3-9-15)59-41(21)18-12-6-4-10-16(18)40(58)17-11-5-7-13-19(17)41;1-3-5-6-4-2/h2*1-14,40H;3-6H2,1-2H3. The molecule has 0 saturated carbocycles. The highest BCUT2D eigenvalue weighted by atomic mass is 32.2. The number of benzene rings is 12. The van der Waals surface area contributed by atoms with Gasteiger partial charge in [-0.25, -0.2) is 132 Å². The highest BCUT2D eigenvalue weighted by Gasteiger charge is 2.70. The number of nitrogens with zero attached hydrogens (tertiary/aromatic N) is 2. The molecule has 20 rings (SSSR count). The molecule has 6 heterocycles. The van der Waals surface area contributed by atoms with Gasteiger partial charge in [-0.2, -0.15) is 0 Å². The molecular weight excluding hydrogens is 1740 g/mol. The zero-order valence-corrected chi connectivity index (χ0v) is 64.0. The first-order chi connectivity index (χ1) is 59.0. The summed E-state index contributed by atoms with van der Waals surface area (Å²) in [7, 11) is 0. The average Bonchev–Trinajstić information content (AvgIpc) is 1.24. The first-order valence-electron chi connectivity index (χ1n) is 37.1. The minimum absolute atomic E-state index is 0.0898. The smallest absolute Gasteiger partial charge is 0.373 e. The normalized spacial score (nSPS) is 17.5. The second-order valence-electron chi connectivity index (χ2n) is 29.3. The van der Waals surface area contributed by atoms with Gasteiger partial charge in [0.05, 0.1) is 0 Å². The third-order valence-corrected chi connectivity index (χ3v) is 26.4. The number of unbranched alkanes of at least 4 members (excludes halogenated alkanes) is 3. The Balaban J connectivity index is 0.000000172. The van der Waals surface area contributed by atoms with E-state index >= 15 is 105 Å². The lowest BCUT2D eigenvalue weighted by molar-refractivity contribution is -0.441. The first-order valence-corrected chi connectivity index (χ1v) is 38.7. The molecule has 0 aromatic heterocycles. The molecule has 6 aliphatic heterocycles. The summed E-state index contributed by atoms with van der Waals surface area (Å²) in [5.41, 5.74) is -16.0. The molecule has 8 aliphatic rings. The van der Waals surface area contributed by atoms with Crippen molar-refractivity contribution in [3.63, 3.8) is 0 Å². The van der Waals surface area contributed by atoms with Crippen molar-refractivity contribution >= 4 is 90.1 Å². The van der Waals surface area contributed by atoms with Crippen LogP contribution in [-0.4, -0.2) is 33.0 Å². The second kappa shape index (κ2) is 31.1. The summed E-state index contributed by atoms with van der Waals surface area (Å²) in [6.07, 6.45) is -4.51. The molecule has 2 nitrogen and oxygen atoms in total. The van der Waals surface area contributed by atoms with Gasteiger partial charge in [0.2, 0.25) is 0 Å². The van der Waals surface area contributed by atoms with Gasteiger partial charge in [-0.05, 0) is 66.2 Å². The van der Waals surface area contributed by atoms with E-state index in [4.69, 9.17) is 0 Å². The summed E-state index contributed by atoms with van der Waals surface area (Å²) in [5.74, 6) is -91.4. The Morgan fingerprint density at radius 1 is 0.234 bits per heavy atom. The molecule has 0 unspecified atom stereocenters. The van der Waals surface area contributed by atoms with Gasteiger partial charge in [0, 0.05) is 44.2 Å². The molecule has 2 aliphatic carbocycles. The monoisotopic (exact) mass is 1780 g/mol. The van der Waals surface area contributed by atoms with Gasteiger partial charge >= 0.3 is 12.6 Å². The van der Waals surface area contributed by atoms with Crippen LogP contribution in [0.25, 0.3) is 9.81 Å². The summed E-state index contributed by atoms with van der Waals surface area (Å²) < 4.78 is 476. The van der Waals surface area contributed by atoms with Crippen LogP contribution in [0.5, 0.6) is 0 Å². The van der Waals surface area contributed by atoms with Crippen LogP contribution in [0.4, 0.5) is 132 Å². The van der Waals surface area contributed by atoms with Gasteiger partial charge in [-0.1, -0.05) is 221 Å². The Morgan fingerprint density at radius 2 is 0.403 bits per heavy atom. The topological polar surface area (TPSA) is 6.02 Å². The van der Waals surface area contributed by atoms with Crippen molar-refractivity contribution in [1.82, 2.24) is 0 Å². The molecule has 0 N–H and O–H groups in total. The highest BCUT2D eigenvalue weighted by molar-refractivity contribution is 8.11. The zero-order chi connectivity index (χ0) is 89.2. The molecule has 36 heteroatoms. The molecule has 0 radical (unpaired) electrons. The van der Waals surface area contributed by atoms with E-state index in [0.29, 0.717) is 11.1 Å². The van der Waals surface area contributed by atoms with Gasteiger partial charge in [0.25, 0.3) is 0 Å². The van der Waals surface area contributed by atoms with Gasteiger partial charge in [-0.15, -0.1) is 0 Å². The minimum atomic E-state index is -6.13. The highest BCUT2D eigenvalue weighted by Crippen LogP contribution is 2.67. The van der Waals surface area contributed by atoms with E-state index in [-0.39, 0.29) is 63.3 Å². The lowest BCUT2D eigenvalue weighted by Gasteiger charge is -2.53. The molecule has 0 amide bonds. The van der Waals surface area contributed by atoms with Gasteiger partial charge in [0.1, 0.15) is 69.8 Å². The molecule has 634 valence electrons. The SMILES string of the molecule is CCCCCC.Fc1c(F)c(F)c([B-](c2c(F)c(F)c(F)c(F)c2F)(c2c(F)c(F)c(F)c(F)c2F)[N+]2=C3C=C(c4ccccc4)SC34c3ccccc3C2c2ccccc24)c(F)c1F.Fc1c(F)c(F)c([B-](c2c(F)c(F)c(F)c(F)c2F)(c2c(F)c(F)c(F)c(F)c2F)[N+]2=C3C=C(c4ccccc4)SC34c3ccccc3C2c2ccccc24)c(F)c1F. The summed E-state index contributed by atoms with van der Waals surface area (Å²) in [4.78, 5) is 0.296. The van der Waals surface area contributed by atoms with Crippen LogP contribution in [-0.2, 0) is 9.49 Å². The molecular formula is C88H44B2F30N2S2. The lowest BCUT2D eigenvalue weighted by Crippen LogP contribution is -2.81. The van der Waals surface area contributed by atoms with E-state index in [1.807, 2.05) is 0 Å². The van der Waals surface area contributed by atoms with E-state index in [1.54, 1.807) is 36.4 Å². The van der Waals surface area contributed by atoms with Crippen LogP contribution in [0.15, 0.2) is 170 Å². The molecule has 12 aromatic carbocycles. The molecule has 0 saturated heterocycles. The van der Waals surface area contributed by atoms with Crippen molar-refractivity contribution in [2.24, 2.45) is 0 Å². The first kappa shape index (κ1) is 85.7. The van der Waals surface area contributed by atoms with Crippen molar-refractivity contribution in [2.75, 3.05) is 0 Å². The fraction of sp³-hybridized carbons (Fsp3) is 0.114. The Bertz CT molecular complexity index is 5770. The molecule has 124 heavy (non-hydrogen) atoms. The van der Waals surface area contributed by atoms with Crippen molar-refractivity contribution in [3.05, 3.63) is 400 Å². The fourth-order valence-corrected chi connectivity index (χ4v) is 21.7. The maximum absolute atomic E-state index is 16.9. The Kier molecular flexibility index (Phi) is 21.5. The molecule has 0 fully saturated rings. The maximum Gasteiger partial charge on any atom is 0.373 e. The Labute approximate surface area is 688 Å². The number of halogens is 30. The van der Waals surface area contributed by atoms with Gasteiger partial charge in [-0.3, -0.25) is 0 Å². The van der Waals surface area contributed by atoms with Gasteiger partial charge < -0.3 is 8.97 Å². The van der Waals surface area contributed by atoms with Crippen LogP contribution in [0.3, 0.4) is 0 Å². The van der Waals surface area contributed by atoms with E-state index in [2.05, 4.69) is 13.8 Å². The summed E-state index contributed by atoms with van der Waals surface area (Å²) >= 11 is 1.76. The Hall–Kier alpha value is -11.8. The number of thioether (sulfide) groups is 2. The van der Waals surface area contributed by atoms with E-state index in [0.717, 1.165) is 35.7 Å². The predicted octanol–water partition coefficient (Wildman–Crippen LogP) is 21.3. The zero-order valence-electron chi connectivity index (χ0n) is 62.4. The molecule has 4 bridgehead atoms. The third-order valence-electron chi connectivity index (χ3n) is 23.3. The van der Waals surface area contributed by atoms with Crippen molar-refractivity contribution in [1.29, 1.82) is 0 Å². The van der Waals surface area contributed by atoms with Crippen LogP contribution in [0, 0.1) is 175 Å². The molecule has 2 spiro atoms. The van der Waals surface area contributed by atoms with E-state index < -0.39 is 253 Å². The van der Waals surface area contributed by atoms with Crippen LogP contribution in [0.2, 0.25) is 0 Å². The molecule has 0 atom stereocenters. The number of rotatable bonds is 13. The Morgan fingerprint density at radius 3 is 0.589 bits per heavy atom. The van der Waals surface area contributed by atoms with Gasteiger partial charge in [0.15, 0.2) is 138 Å². The average molecular weight is 1790 g/mol. The maximum atomic E-state index is 16.9. The van der Waals surface area contributed by atoms with Crippen LogP contribution in [0.1, 0.15) is 107 Å². The molecule has 12 aromatic rings. The van der Waals surface area contributed by atoms with Crippen molar-refractivity contribution in [2.45, 2.75) is 61.1 Å². The number of allylic oxidation sites excluding steroid dienone is 2. The van der Waals surface area contributed by atoms with Crippen LogP contribution < -0.4 is 32.8 Å². The lowest BCUT2D eigenvalue weighted by atomic mass is 9.22. The summed E-state index contributed by atoms with van der Waals surface area (Å²) in [6, 6.07) is 33.8. The van der Waals surface area contributed by atoms with E-state index in [1.165, 1.54) is 147 Å². The minimum Gasteiger partial charge on any atom is -0.430 e. The van der Waals surface area contributed by atoms with Crippen LogP contribution >= 0.6 is 23.5 Å². The van der Waals surface area contributed by atoms with Crippen molar-refractivity contribution < 1.29 is 141 Å². The fourth-order valence-electron chi connectivity index (χ4n) is 18.4. The second-order valence-corrected chi connectivity index (χ2v) is 31.8. The third kappa shape index (κ3) is 11.6. The summed E-state index contributed by atoms with van der Waals surface area (Å²) in [5, 5.41) is 0. The number of hydrogen-bond donors (Lipinski definition) is 0. The quantitative estimate of drug-likeness (QED) is 0.0373. The number of hydrogen-bond acceptors (Lipinski definition) is 2. The van der Waals surface area contributed by atoms with Crippen molar-refractivity contribution in [3.8, 4) is 0 Å².